The molecule has 1 aromatic heterocycles. The van der Waals surface area contributed by atoms with Crippen molar-refractivity contribution >= 4 is 21.6 Å². The van der Waals surface area contributed by atoms with E-state index in [1.807, 2.05) is 0 Å². The van der Waals surface area contributed by atoms with Gasteiger partial charge in [-0.3, -0.25) is 0 Å². The topological polar surface area (TPSA) is 57.4 Å². The lowest BCUT2D eigenvalue weighted by atomic mass is 10.3. The molecule has 2 rings (SSSR count). The molecule has 1 aliphatic rings. The molecule has 14 heavy (non-hydrogen) atoms. The Kier molecular flexibility index (Phi) is 2.88. The second-order valence-electron chi connectivity index (χ2n) is 3.15. The molecule has 1 fully saturated rings. The van der Waals surface area contributed by atoms with E-state index in [9.17, 15) is 0 Å². The molecule has 0 amide bonds. The van der Waals surface area contributed by atoms with Crippen LogP contribution in [0.5, 0.6) is 5.88 Å². The van der Waals surface area contributed by atoms with Crippen LogP contribution in [0, 0.1) is 0 Å². The molecule has 2 heterocycles. The average molecular weight is 259 g/mol. The van der Waals surface area contributed by atoms with Gasteiger partial charge in [-0.1, -0.05) is 0 Å². The van der Waals surface area contributed by atoms with E-state index >= 15 is 0 Å². The highest BCUT2D eigenvalue weighted by Gasteiger charge is 2.18. The predicted molar refractivity (Wildman–Crippen MR) is 56.2 cm³/mol. The summed E-state index contributed by atoms with van der Waals surface area (Å²) < 4.78 is 11.6. The Morgan fingerprint density at radius 3 is 3.14 bits per heavy atom. The maximum absolute atomic E-state index is 5.74. The smallest absolute Gasteiger partial charge is 0.237 e. The van der Waals surface area contributed by atoms with Gasteiger partial charge in [0.05, 0.1) is 18.9 Å². The minimum Gasteiger partial charge on any atom is -0.470 e. The summed E-state index contributed by atoms with van der Waals surface area (Å²) in [6.45, 7) is 1.37. The minimum atomic E-state index is 0.0889. The van der Waals surface area contributed by atoms with Crippen LogP contribution in [0.4, 0.5) is 5.69 Å². The molecule has 2 N–H and O–H groups in total. The molecule has 1 aromatic rings. The molecular formula is C9H11BrN2O2. The van der Waals surface area contributed by atoms with Crippen molar-refractivity contribution in [3.63, 3.8) is 0 Å². The first-order chi connectivity index (χ1) is 6.75. The summed E-state index contributed by atoms with van der Waals surface area (Å²) in [7, 11) is 0. The van der Waals surface area contributed by atoms with E-state index < -0.39 is 0 Å². The number of nitrogens with two attached hydrogens (primary N) is 1. The minimum absolute atomic E-state index is 0.0889. The number of aromatic nitrogens is 1. The fraction of sp³-hybridized carbons (Fsp3) is 0.444. The molecule has 0 saturated carbocycles. The van der Waals surface area contributed by atoms with Crippen LogP contribution in [0.2, 0.25) is 0 Å². The first-order valence-corrected chi connectivity index (χ1v) is 5.20. The van der Waals surface area contributed by atoms with Crippen LogP contribution in [0.25, 0.3) is 0 Å². The van der Waals surface area contributed by atoms with E-state index in [0.29, 0.717) is 18.2 Å². The SMILES string of the molecule is Nc1cc(Br)cnc1OC1CCOC1. The van der Waals surface area contributed by atoms with Gasteiger partial charge in [0.15, 0.2) is 0 Å². The summed E-state index contributed by atoms with van der Waals surface area (Å²) in [5.41, 5.74) is 6.29. The van der Waals surface area contributed by atoms with Gasteiger partial charge in [0, 0.05) is 17.1 Å². The lowest BCUT2D eigenvalue weighted by Crippen LogP contribution is -2.17. The molecular weight excluding hydrogens is 248 g/mol. The number of hydrogen-bond acceptors (Lipinski definition) is 4. The molecule has 5 heteroatoms. The average Bonchev–Trinajstić information content (AvgIpc) is 2.62. The second kappa shape index (κ2) is 4.14. The Morgan fingerprint density at radius 1 is 1.64 bits per heavy atom. The number of ether oxygens (including phenoxy) is 2. The van der Waals surface area contributed by atoms with Crippen molar-refractivity contribution in [2.75, 3.05) is 18.9 Å². The van der Waals surface area contributed by atoms with Crippen molar-refractivity contribution in [3.05, 3.63) is 16.7 Å². The Bertz CT molecular complexity index is 327. The Labute approximate surface area is 90.5 Å². The number of halogens is 1. The van der Waals surface area contributed by atoms with Gasteiger partial charge >= 0.3 is 0 Å². The van der Waals surface area contributed by atoms with Gasteiger partial charge in [-0.15, -0.1) is 0 Å². The Hall–Kier alpha value is -0.810. The quantitative estimate of drug-likeness (QED) is 0.876. The van der Waals surface area contributed by atoms with E-state index in [1.54, 1.807) is 12.3 Å². The second-order valence-corrected chi connectivity index (χ2v) is 4.07. The standard InChI is InChI=1S/C9H11BrN2O2/c10-6-3-8(11)9(12-4-6)14-7-1-2-13-5-7/h3-4,7H,1-2,5,11H2. The fourth-order valence-corrected chi connectivity index (χ4v) is 1.65. The number of nitrogens with zero attached hydrogens (tertiary/aromatic N) is 1. The van der Waals surface area contributed by atoms with Crippen molar-refractivity contribution in [3.8, 4) is 5.88 Å². The third kappa shape index (κ3) is 2.16. The molecule has 1 unspecified atom stereocenters. The van der Waals surface area contributed by atoms with Gasteiger partial charge < -0.3 is 15.2 Å². The highest BCUT2D eigenvalue weighted by Crippen LogP contribution is 2.24. The van der Waals surface area contributed by atoms with Crippen molar-refractivity contribution in [1.82, 2.24) is 4.98 Å². The summed E-state index contributed by atoms with van der Waals surface area (Å²) in [6.07, 6.45) is 2.66. The van der Waals surface area contributed by atoms with E-state index in [-0.39, 0.29) is 6.10 Å². The third-order valence-electron chi connectivity index (χ3n) is 2.01. The Balaban J connectivity index is 2.08. The molecule has 76 valence electrons. The van der Waals surface area contributed by atoms with Crippen LogP contribution in [0.3, 0.4) is 0 Å². The van der Waals surface area contributed by atoms with Gasteiger partial charge in [-0.25, -0.2) is 4.98 Å². The predicted octanol–water partition coefficient (Wildman–Crippen LogP) is 1.59. The zero-order valence-electron chi connectivity index (χ0n) is 7.57. The summed E-state index contributed by atoms with van der Waals surface area (Å²) in [5, 5.41) is 0. The van der Waals surface area contributed by atoms with Crippen LogP contribution >= 0.6 is 15.9 Å². The Morgan fingerprint density at radius 2 is 2.50 bits per heavy atom. The zero-order valence-corrected chi connectivity index (χ0v) is 9.16. The molecule has 4 nitrogen and oxygen atoms in total. The van der Waals surface area contributed by atoms with Gasteiger partial charge in [-0.05, 0) is 22.0 Å². The van der Waals surface area contributed by atoms with Crippen molar-refractivity contribution < 1.29 is 9.47 Å². The van der Waals surface area contributed by atoms with Crippen molar-refractivity contribution in [2.45, 2.75) is 12.5 Å². The lowest BCUT2D eigenvalue weighted by molar-refractivity contribution is 0.138. The molecule has 0 spiro atoms. The summed E-state index contributed by atoms with van der Waals surface area (Å²) in [5.74, 6) is 0.490. The molecule has 1 aliphatic heterocycles. The normalized spacial score (nSPS) is 21.1. The van der Waals surface area contributed by atoms with E-state index in [0.717, 1.165) is 17.5 Å². The number of anilines is 1. The lowest BCUT2D eigenvalue weighted by Gasteiger charge is -2.12. The monoisotopic (exact) mass is 258 g/mol. The summed E-state index contributed by atoms with van der Waals surface area (Å²) >= 11 is 3.29. The van der Waals surface area contributed by atoms with Crippen LogP contribution in [0.15, 0.2) is 16.7 Å². The maximum Gasteiger partial charge on any atom is 0.237 e. The summed E-state index contributed by atoms with van der Waals surface area (Å²) in [4.78, 5) is 4.09. The number of nitrogen functional groups attached to an aromatic ring is 1. The number of hydrogen-bond donors (Lipinski definition) is 1. The first kappa shape index (κ1) is 9.73. The zero-order chi connectivity index (χ0) is 9.97. The highest BCUT2D eigenvalue weighted by molar-refractivity contribution is 9.10. The number of pyridine rings is 1. The molecule has 1 atom stereocenters. The van der Waals surface area contributed by atoms with Gasteiger partial charge in [0.1, 0.15) is 6.10 Å². The van der Waals surface area contributed by atoms with Crippen LogP contribution < -0.4 is 10.5 Å². The number of rotatable bonds is 2. The molecule has 0 aromatic carbocycles. The van der Waals surface area contributed by atoms with Gasteiger partial charge in [0.2, 0.25) is 5.88 Å². The van der Waals surface area contributed by atoms with E-state index in [4.69, 9.17) is 15.2 Å². The first-order valence-electron chi connectivity index (χ1n) is 4.41. The largest absolute Gasteiger partial charge is 0.470 e. The van der Waals surface area contributed by atoms with Crippen LogP contribution in [-0.2, 0) is 4.74 Å². The van der Waals surface area contributed by atoms with E-state index in [2.05, 4.69) is 20.9 Å². The molecule has 0 radical (unpaired) electrons. The fourth-order valence-electron chi connectivity index (χ4n) is 1.30. The van der Waals surface area contributed by atoms with Crippen molar-refractivity contribution in [2.24, 2.45) is 0 Å². The van der Waals surface area contributed by atoms with Crippen LogP contribution in [0.1, 0.15) is 6.42 Å². The molecule has 1 saturated heterocycles. The van der Waals surface area contributed by atoms with Crippen LogP contribution in [-0.4, -0.2) is 24.3 Å². The highest BCUT2D eigenvalue weighted by atomic mass is 79.9. The third-order valence-corrected chi connectivity index (χ3v) is 2.45. The van der Waals surface area contributed by atoms with Gasteiger partial charge in [0.25, 0.3) is 0 Å². The summed E-state index contributed by atoms with van der Waals surface area (Å²) in [6, 6.07) is 1.78. The van der Waals surface area contributed by atoms with E-state index in [1.165, 1.54) is 0 Å². The van der Waals surface area contributed by atoms with Gasteiger partial charge in [-0.2, -0.15) is 0 Å². The maximum atomic E-state index is 5.74. The molecule has 0 bridgehead atoms. The van der Waals surface area contributed by atoms with Crippen molar-refractivity contribution in [1.29, 1.82) is 0 Å². The molecule has 0 aliphatic carbocycles.